The lowest BCUT2D eigenvalue weighted by molar-refractivity contribution is 1.18. The van der Waals surface area contributed by atoms with Gasteiger partial charge < -0.3 is 16.0 Å². The van der Waals surface area contributed by atoms with Crippen LogP contribution in [0.25, 0.3) is 38.6 Å². The lowest BCUT2D eigenvalue weighted by Gasteiger charge is -2.11. The number of benzene rings is 4. The van der Waals surface area contributed by atoms with Crippen molar-refractivity contribution in [1.29, 1.82) is 0 Å². The average molecular weight is 349 g/mol. The highest BCUT2D eigenvalue weighted by Crippen LogP contribution is 2.37. The molecule has 130 valence electrons. The van der Waals surface area contributed by atoms with Gasteiger partial charge in [-0.15, -0.1) is 0 Å². The molecule has 1 heterocycles. The van der Waals surface area contributed by atoms with E-state index < -0.39 is 0 Å². The molecule has 3 nitrogen and oxygen atoms in total. The van der Waals surface area contributed by atoms with Crippen molar-refractivity contribution in [2.45, 2.75) is 0 Å². The van der Waals surface area contributed by atoms with Gasteiger partial charge in [-0.25, -0.2) is 0 Å². The standard InChI is InChI=1S/C24H19N3/c25-20-10-6-11-21(26)24(20)16-13-14-19-18-9-4-5-12-22(18)27(23(19)15-16)17-7-2-1-3-8-17/h1-15H,25-26H2. The number of nitrogens with zero attached hydrogens (tertiary/aromatic N) is 1. The Morgan fingerprint density at radius 1 is 0.556 bits per heavy atom. The van der Waals surface area contributed by atoms with Crippen LogP contribution >= 0.6 is 0 Å². The fourth-order valence-corrected chi connectivity index (χ4v) is 3.90. The summed E-state index contributed by atoms with van der Waals surface area (Å²) < 4.78 is 2.30. The number of nitrogens with two attached hydrogens (primary N) is 2. The summed E-state index contributed by atoms with van der Waals surface area (Å²) in [5.41, 5.74) is 19.2. The van der Waals surface area contributed by atoms with Gasteiger partial charge in [0.25, 0.3) is 0 Å². The summed E-state index contributed by atoms with van der Waals surface area (Å²) in [7, 11) is 0. The number of hydrogen-bond donors (Lipinski definition) is 2. The molecule has 5 aromatic rings. The first-order chi connectivity index (χ1) is 13.2. The van der Waals surface area contributed by atoms with Crippen molar-refractivity contribution < 1.29 is 0 Å². The van der Waals surface area contributed by atoms with Gasteiger partial charge in [0.1, 0.15) is 0 Å². The van der Waals surface area contributed by atoms with Crippen LogP contribution in [0.15, 0.2) is 91.0 Å². The summed E-state index contributed by atoms with van der Waals surface area (Å²) in [6, 6.07) is 31.0. The molecule has 0 amide bonds. The maximum atomic E-state index is 6.23. The molecule has 0 aliphatic heterocycles. The Balaban J connectivity index is 1.89. The molecule has 4 N–H and O–H groups in total. The molecule has 0 bridgehead atoms. The second-order valence-electron chi connectivity index (χ2n) is 6.73. The Morgan fingerprint density at radius 3 is 2.00 bits per heavy atom. The van der Waals surface area contributed by atoms with Crippen LogP contribution in [0.1, 0.15) is 0 Å². The van der Waals surface area contributed by atoms with Crippen molar-refractivity contribution >= 4 is 33.2 Å². The van der Waals surface area contributed by atoms with Crippen LogP contribution in [0.3, 0.4) is 0 Å². The fourth-order valence-electron chi connectivity index (χ4n) is 3.90. The third-order valence-corrected chi connectivity index (χ3v) is 5.11. The van der Waals surface area contributed by atoms with Gasteiger partial charge in [0.05, 0.1) is 11.0 Å². The molecule has 0 unspecified atom stereocenters. The SMILES string of the molecule is Nc1cccc(N)c1-c1ccc2c3ccccc3n(-c3ccccc3)c2c1. The molecular weight excluding hydrogens is 330 g/mol. The van der Waals surface area contributed by atoms with E-state index in [4.69, 9.17) is 11.5 Å². The minimum atomic E-state index is 0.691. The predicted octanol–water partition coefficient (Wildman–Crippen LogP) is 5.62. The third-order valence-electron chi connectivity index (χ3n) is 5.11. The highest BCUT2D eigenvalue weighted by Gasteiger charge is 2.14. The van der Waals surface area contributed by atoms with Crippen molar-refractivity contribution in [2.75, 3.05) is 11.5 Å². The first-order valence-corrected chi connectivity index (χ1v) is 8.97. The normalized spacial score (nSPS) is 11.3. The van der Waals surface area contributed by atoms with E-state index in [0.29, 0.717) is 11.4 Å². The number of anilines is 2. The third kappa shape index (κ3) is 2.36. The van der Waals surface area contributed by atoms with E-state index in [1.165, 1.54) is 16.3 Å². The number of hydrogen-bond acceptors (Lipinski definition) is 2. The molecule has 0 saturated carbocycles. The van der Waals surface area contributed by atoms with Gasteiger partial charge in [-0.3, -0.25) is 0 Å². The number of aromatic nitrogens is 1. The quantitative estimate of drug-likeness (QED) is 0.407. The Morgan fingerprint density at radius 2 is 1.22 bits per heavy atom. The number of para-hydroxylation sites is 2. The highest BCUT2D eigenvalue weighted by molar-refractivity contribution is 6.10. The minimum absolute atomic E-state index is 0.691. The highest BCUT2D eigenvalue weighted by atomic mass is 15.0. The number of rotatable bonds is 2. The molecule has 0 spiro atoms. The van der Waals surface area contributed by atoms with Crippen molar-refractivity contribution in [1.82, 2.24) is 4.57 Å². The molecule has 0 radical (unpaired) electrons. The predicted molar refractivity (Wildman–Crippen MR) is 115 cm³/mol. The Bertz CT molecular complexity index is 1260. The zero-order valence-corrected chi connectivity index (χ0v) is 14.8. The van der Waals surface area contributed by atoms with Gasteiger partial charge in [-0.2, -0.15) is 0 Å². The van der Waals surface area contributed by atoms with E-state index in [9.17, 15) is 0 Å². The topological polar surface area (TPSA) is 57.0 Å². The number of nitrogen functional groups attached to an aromatic ring is 2. The molecular formula is C24H19N3. The summed E-state index contributed by atoms with van der Waals surface area (Å²) >= 11 is 0. The van der Waals surface area contributed by atoms with Gasteiger partial charge in [-0.05, 0) is 42.0 Å². The Kier molecular flexibility index (Phi) is 3.41. The van der Waals surface area contributed by atoms with Crippen LogP contribution in [0.4, 0.5) is 11.4 Å². The zero-order chi connectivity index (χ0) is 18.4. The Labute approximate surface area is 157 Å². The molecule has 0 fully saturated rings. The largest absolute Gasteiger partial charge is 0.398 e. The monoisotopic (exact) mass is 349 g/mol. The smallest absolute Gasteiger partial charge is 0.0547 e. The molecule has 3 heteroatoms. The van der Waals surface area contributed by atoms with Crippen LogP contribution in [0, 0.1) is 0 Å². The van der Waals surface area contributed by atoms with Gasteiger partial charge in [0.15, 0.2) is 0 Å². The van der Waals surface area contributed by atoms with Crippen molar-refractivity contribution in [3.05, 3.63) is 91.0 Å². The van der Waals surface area contributed by atoms with E-state index in [0.717, 1.165) is 22.3 Å². The lowest BCUT2D eigenvalue weighted by Crippen LogP contribution is -1.97. The summed E-state index contributed by atoms with van der Waals surface area (Å²) in [5.74, 6) is 0. The van der Waals surface area contributed by atoms with Crippen molar-refractivity contribution in [3.63, 3.8) is 0 Å². The molecule has 4 aromatic carbocycles. The van der Waals surface area contributed by atoms with Crippen molar-refractivity contribution in [3.8, 4) is 16.8 Å². The van der Waals surface area contributed by atoms with Crippen LogP contribution in [-0.2, 0) is 0 Å². The number of fused-ring (bicyclic) bond motifs is 3. The lowest BCUT2D eigenvalue weighted by atomic mass is 10.00. The van der Waals surface area contributed by atoms with E-state index in [2.05, 4.69) is 71.3 Å². The fraction of sp³-hybridized carbons (Fsp3) is 0. The van der Waals surface area contributed by atoms with E-state index in [1.54, 1.807) is 0 Å². The van der Waals surface area contributed by atoms with Crippen LogP contribution < -0.4 is 11.5 Å². The summed E-state index contributed by atoms with van der Waals surface area (Å²) in [6.07, 6.45) is 0. The van der Waals surface area contributed by atoms with Gasteiger partial charge >= 0.3 is 0 Å². The van der Waals surface area contributed by atoms with Gasteiger partial charge in [0, 0.05) is 33.4 Å². The first kappa shape index (κ1) is 15.5. The summed E-state index contributed by atoms with van der Waals surface area (Å²) in [4.78, 5) is 0. The maximum Gasteiger partial charge on any atom is 0.0547 e. The van der Waals surface area contributed by atoms with Crippen molar-refractivity contribution in [2.24, 2.45) is 0 Å². The van der Waals surface area contributed by atoms with Gasteiger partial charge in [0.2, 0.25) is 0 Å². The molecule has 27 heavy (non-hydrogen) atoms. The van der Waals surface area contributed by atoms with Crippen LogP contribution in [-0.4, -0.2) is 4.57 Å². The zero-order valence-electron chi connectivity index (χ0n) is 14.8. The second kappa shape index (κ2) is 5.92. The molecule has 0 saturated heterocycles. The molecule has 0 aliphatic carbocycles. The molecule has 0 atom stereocenters. The minimum Gasteiger partial charge on any atom is -0.398 e. The summed E-state index contributed by atoms with van der Waals surface area (Å²) in [6.45, 7) is 0. The van der Waals surface area contributed by atoms with Crippen LogP contribution in [0.2, 0.25) is 0 Å². The maximum absolute atomic E-state index is 6.23. The molecule has 1 aromatic heterocycles. The first-order valence-electron chi connectivity index (χ1n) is 8.97. The van der Waals surface area contributed by atoms with E-state index in [1.807, 2.05) is 24.3 Å². The van der Waals surface area contributed by atoms with Crippen LogP contribution in [0.5, 0.6) is 0 Å². The Hall–Kier alpha value is -3.72. The average Bonchev–Trinajstić information content (AvgIpc) is 3.02. The second-order valence-corrected chi connectivity index (χ2v) is 6.73. The van der Waals surface area contributed by atoms with E-state index >= 15 is 0 Å². The van der Waals surface area contributed by atoms with E-state index in [-0.39, 0.29) is 0 Å². The van der Waals surface area contributed by atoms with Gasteiger partial charge in [-0.1, -0.05) is 54.6 Å². The molecule has 0 aliphatic rings. The summed E-state index contributed by atoms with van der Waals surface area (Å²) in [5, 5.41) is 2.45. The molecule has 5 rings (SSSR count).